The lowest BCUT2D eigenvalue weighted by molar-refractivity contribution is -0.137. The molecule has 2 aromatic carbocycles. The smallest absolute Gasteiger partial charge is 0.416 e. The monoisotopic (exact) mass is 472 g/mol. The Morgan fingerprint density at radius 1 is 1.25 bits per heavy atom. The van der Waals surface area contributed by atoms with Gasteiger partial charge in [-0.15, -0.1) is 0 Å². The van der Waals surface area contributed by atoms with Crippen molar-refractivity contribution in [3.05, 3.63) is 70.2 Å². The number of aliphatic hydroxyl groups is 1. The van der Waals surface area contributed by atoms with Crippen molar-refractivity contribution in [2.75, 3.05) is 13.2 Å². The van der Waals surface area contributed by atoms with Crippen molar-refractivity contribution in [1.82, 2.24) is 10.5 Å². The topological polar surface area (TPSA) is 84.6 Å². The van der Waals surface area contributed by atoms with Crippen LogP contribution in [-0.4, -0.2) is 35.4 Å². The van der Waals surface area contributed by atoms with E-state index in [0.717, 1.165) is 30.3 Å². The van der Waals surface area contributed by atoms with Gasteiger partial charge < -0.3 is 19.7 Å². The van der Waals surface area contributed by atoms with Gasteiger partial charge in [0.2, 0.25) is 0 Å². The number of hydrogen-bond acceptors (Lipinski definition) is 5. The lowest BCUT2D eigenvalue weighted by Crippen LogP contribution is -2.35. The number of carbonyl (C=O) groups is 1. The predicted octanol–water partition coefficient (Wildman–Crippen LogP) is 4.63. The first-order valence-electron chi connectivity index (χ1n) is 9.25. The zero-order valence-electron chi connectivity index (χ0n) is 16.5. The second kappa shape index (κ2) is 9.58. The molecule has 1 amide bonds. The summed E-state index contributed by atoms with van der Waals surface area (Å²) in [5.41, 5.74) is -1.05. The molecule has 1 unspecified atom stereocenters. The average Bonchev–Trinajstić information content (AvgIpc) is 3.11. The molecule has 1 atom stereocenters. The Labute approximate surface area is 184 Å². The number of carbonyl (C=O) groups excluding carboxylic acids is 1. The molecule has 0 spiro atoms. The summed E-state index contributed by atoms with van der Waals surface area (Å²) in [6.07, 6.45) is -5.64. The van der Waals surface area contributed by atoms with Gasteiger partial charge in [-0.05, 0) is 43.3 Å². The number of halogens is 5. The molecule has 1 heterocycles. The summed E-state index contributed by atoms with van der Waals surface area (Å²) in [6.45, 7) is 0.916. The van der Waals surface area contributed by atoms with Crippen LogP contribution in [0, 0.1) is 12.7 Å². The summed E-state index contributed by atoms with van der Waals surface area (Å²) < 4.78 is 62.2. The highest BCUT2D eigenvalue weighted by atomic mass is 35.5. The summed E-state index contributed by atoms with van der Waals surface area (Å²) in [7, 11) is 0. The van der Waals surface area contributed by atoms with Crippen molar-refractivity contribution in [1.29, 1.82) is 0 Å². The molecule has 0 fully saturated rings. The molecule has 32 heavy (non-hydrogen) atoms. The average molecular weight is 473 g/mol. The van der Waals surface area contributed by atoms with Crippen LogP contribution in [0.5, 0.6) is 5.75 Å². The second-order valence-corrected chi connectivity index (χ2v) is 7.16. The van der Waals surface area contributed by atoms with Gasteiger partial charge in [-0.1, -0.05) is 22.8 Å². The van der Waals surface area contributed by atoms with E-state index in [2.05, 4.69) is 10.5 Å². The van der Waals surface area contributed by atoms with Crippen LogP contribution in [0.15, 0.2) is 47.0 Å². The second-order valence-electron chi connectivity index (χ2n) is 6.76. The maximum Gasteiger partial charge on any atom is 0.416 e. The van der Waals surface area contributed by atoms with Gasteiger partial charge in [0.15, 0.2) is 0 Å². The highest BCUT2D eigenvalue weighted by Gasteiger charge is 2.30. The lowest BCUT2D eigenvalue weighted by Gasteiger charge is -2.14. The quantitative estimate of drug-likeness (QED) is 0.490. The molecule has 11 heteroatoms. The van der Waals surface area contributed by atoms with Gasteiger partial charge in [0, 0.05) is 6.54 Å². The molecule has 0 saturated carbocycles. The summed E-state index contributed by atoms with van der Waals surface area (Å²) in [6, 6.07) is 7.96. The van der Waals surface area contributed by atoms with Gasteiger partial charge in [-0.25, -0.2) is 4.39 Å². The van der Waals surface area contributed by atoms with Crippen LogP contribution in [0.25, 0.3) is 11.3 Å². The van der Waals surface area contributed by atoms with Crippen molar-refractivity contribution < 1.29 is 36.7 Å². The van der Waals surface area contributed by atoms with E-state index in [4.69, 9.17) is 20.9 Å². The van der Waals surface area contributed by atoms with Crippen molar-refractivity contribution >= 4 is 17.5 Å². The van der Waals surface area contributed by atoms with E-state index in [1.807, 2.05) is 0 Å². The minimum absolute atomic E-state index is 0.0392. The van der Waals surface area contributed by atoms with Crippen LogP contribution in [-0.2, 0) is 6.18 Å². The SMILES string of the molecule is Cc1onc(-c2c(F)cccc2Cl)c1C(=O)NCC(O)COc1ccc(C(F)(F)F)cc1. The zero-order valence-corrected chi connectivity index (χ0v) is 17.3. The number of aliphatic hydroxyl groups excluding tert-OH is 1. The Balaban J connectivity index is 1.61. The first-order valence-corrected chi connectivity index (χ1v) is 9.62. The van der Waals surface area contributed by atoms with Crippen LogP contribution in [0.2, 0.25) is 5.02 Å². The molecule has 0 aliphatic heterocycles. The number of benzene rings is 2. The molecule has 1 aromatic heterocycles. The van der Waals surface area contributed by atoms with Gasteiger partial charge in [0.05, 0.1) is 16.1 Å². The fraction of sp³-hybridized carbons (Fsp3) is 0.238. The van der Waals surface area contributed by atoms with Crippen molar-refractivity contribution in [2.45, 2.75) is 19.2 Å². The van der Waals surface area contributed by atoms with Crippen molar-refractivity contribution in [2.24, 2.45) is 0 Å². The number of rotatable bonds is 7. The normalized spacial score (nSPS) is 12.5. The molecular weight excluding hydrogens is 456 g/mol. The largest absolute Gasteiger partial charge is 0.491 e. The Bertz CT molecular complexity index is 1080. The van der Waals surface area contributed by atoms with E-state index < -0.39 is 29.6 Å². The molecule has 170 valence electrons. The van der Waals surface area contributed by atoms with Crippen LogP contribution in [0.4, 0.5) is 17.6 Å². The molecule has 0 bridgehead atoms. The first-order chi connectivity index (χ1) is 15.1. The summed E-state index contributed by atoms with van der Waals surface area (Å²) in [5.74, 6) is -1.14. The van der Waals surface area contributed by atoms with Gasteiger partial charge in [-0.3, -0.25) is 4.79 Å². The van der Waals surface area contributed by atoms with Crippen LogP contribution in [0.1, 0.15) is 21.7 Å². The maximum absolute atomic E-state index is 14.2. The van der Waals surface area contributed by atoms with Crippen LogP contribution in [0.3, 0.4) is 0 Å². The fourth-order valence-corrected chi connectivity index (χ4v) is 3.08. The summed E-state index contributed by atoms with van der Waals surface area (Å²) in [4.78, 5) is 12.6. The highest BCUT2D eigenvalue weighted by molar-refractivity contribution is 6.33. The van der Waals surface area contributed by atoms with Crippen LogP contribution < -0.4 is 10.1 Å². The van der Waals surface area contributed by atoms with E-state index >= 15 is 0 Å². The Morgan fingerprint density at radius 2 is 1.94 bits per heavy atom. The molecule has 0 aliphatic carbocycles. The van der Waals surface area contributed by atoms with E-state index in [-0.39, 0.29) is 46.5 Å². The molecule has 6 nitrogen and oxygen atoms in total. The molecule has 0 aliphatic rings. The number of nitrogens with zero attached hydrogens (tertiary/aromatic N) is 1. The molecule has 0 radical (unpaired) electrons. The van der Waals surface area contributed by atoms with Gasteiger partial charge in [0.25, 0.3) is 5.91 Å². The van der Waals surface area contributed by atoms with E-state index in [9.17, 15) is 27.5 Å². The number of hydrogen-bond donors (Lipinski definition) is 2. The van der Waals surface area contributed by atoms with E-state index in [1.165, 1.54) is 19.1 Å². The number of nitrogens with one attached hydrogen (secondary N) is 1. The number of aryl methyl sites for hydroxylation is 1. The maximum atomic E-state index is 14.2. The Hall–Kier alpha value is -3.11. The third kappa shape index (κ3) is 5.38. The third-order valence-electron chi connectivity index (χ3n) is 4.41. The van der Waals surface area contributed by atoms with Crippen molar-refractivity contribution in [3.8, 4) is 17.0 Å². The van der Waals surface area contributed by atoms with Gasteiger partial charge >= 0.3 is 6.18 Å². The molecule has 2 N–H and O–H groups in total. The number of aromatic nitrogens is 1. The zero-order chi connectivity index (χ0) is 23.5. The molecule has 3 aromatic rings. The van der Waals surface area contributed by atoms with Gasteiger partial charge in [0.1, 0.15) is 41.3 Å². The summed E-state index contributed by atoms with van der Waals surface area (Å²) in [5, 5.41) is 16.3. The number of alkyl halides is 3. The standard InChI is InChI=1S/C21H17ClF4N2O4/c1-11-17(19(28-32-11)18-15(22)3-2-4-16(18)23)20(30)27-9-13(29)10-31-14-7-5-12(6-8-14)21(24,25)26/h2-8,13,29H,9-10H2,1H3,(H,27,30). The predicted molar refractivity (Wildman–Crippen MR) is 107 cm³/mol. The first kappa shape index (κ1) is 23.6. The minimum atomic E-state index is -4.46. The van der Waals surface area contributed by atoms with E-state index in [0.29, 0.717) is 0 Å². The molecule has 3 rings (SSSR count). The Morgan fingerprint density at radius 3 is 2.56 bits per heavy atom. The lowest BCUT2D eigenvalue weighted by atomic mass is 10.0. The van der Waals surface area contributed by atoms with Gasteiger partial charge in [-0.2, -0.15) is 13.2 Å². The number of amides is 1. The van der Waals surface area contributed by atoms with Crippen molar-refractivity contribution in [3.63, 3.8) is 0 Å². The number of ether oxygens (including phenoxy) is 1. The highest BCUT2D eigenvalue weighted by Crippen LogP contribution is 2.33. The van der Waals surface area contributed by atoms with E-state index in [1.54, 1.807) is 0 Å². The minimum Gasteiger partial charge on any atom is -0.491 e. The fourth-order valence-electron chi connectivity index (χ4n) is 2.82. The molecular formula is C21H17ClF4N2O4. The van der Waals surface area contributed by atoms with Crippen LogP contribution >= 0.6 is 11.6 Å². The summed E-state index contributed by atoms with van der Waals surface area (Å²) >= 11 is 6.04. The Kier molecular flexibility index (Phi) is 7.05. The molecule has 0 saturated heterocycles. The third-order valence-corrected chi connectivity index (χ3v) is 4.73.